The summed E-state index contributed by atoms with van der Waals surface area (Å²) >= 11 is 0. The van der Waals surface area contributed by atoms with Crippen LogP contribution in [-0.4, -0.2) is 50.1 Å². The number of hydrogen-bond donors (Lipinski definition) is 2. The maximum Gasteiger partial charge on any atom is 0.233 e. The minimum Gasteiger partial charge on any atom is -0.355 e. The minimum absolute atomic E-state index is 0.0889. The molecule has 2 N–H and O–H groups in total. The average molecular weight is 227 g/mol. The van der Waals surface area contributed by atoms with Crippen LogP contribution in [-0.2, 0) is 4.79 Å². The summed E-state index contributed by atoms with van der Waals surface area (Å²) in [6.07, 6.45) is 5.43. The molecule has 1 aliphatic carbocycles. The Morgan fingerprint density at radius 2 is 2.06 bits per heavy atom. The van der Waals surface area contributed by atoms with Crippen LogP contribution in [0, 0.1) is 0 Å². The Bertz CT molecular complexity index is 202. The van der Waals surface area contributed by atoms with Crippen molar-refractivity contribution in [2.45, 2.75) is 38.6 Å². The van der Waals surface area contributed by atoms with Gasteiger partial charge in [-0.2, -0.15) is 0 Å². The zero-order valence-electron chi connectivity index (χ0n) is 10.6. The summed E-state index contributed by atoms with van der Waals surface area (Å²) < 4.78 is 0. The van der Waals surface area contributed by atoms with Crippen molar-refractivity contribution in [3.05, 3.63) is 0 Å². The molecule has 1 aliphatic rings. The molecule has 1 rings (SSSR count). The van der Waals surface area contributed by atoms with E-state index in [0.717, 1.165) is 19.1 Å². The number of rotatable bonds is 7. The first-order valence-electron chi connectivity index (χ1n) is 6.41. The van der Waals surface area contributed by atoms with Crippen molar-refractivity contribution >= 4 is 5.91 Å². The van der Waals surface area contributed by atoms with Gasteiger partial charge in [-0.25, -0.2) is 0 Å². The van der Waals surface area contributed by atoms with Crippen LogP contribution in [0.1, 0.15) is 32.6 Å². The number of hydrogen-bond acceptors (Lipinski definition) is 3. The summed E-state index contributed by atoms with van der Waals surface area (Å²) in [6, 6.07) is 0.770. The van der Waals surface area contributed by atoms with Crippen LogP contribution in [0.15, 0.2) is 0 Å². The lowest BCUT2D eigenvalue weighted by Crippen LogP contribution is -2.39. The zero-order chi connectivity index (χ0) is 11.8. The number of nitrogens with zero attached hydrogens (tertiary/aromatic N) is 1. The van der Waals surface area contributed by atoms with Gasteiger partial charge in [0.25, 0.3) is 0 Å². The van der Waals surface area contributed by atoms with E-state index in [0.29, 0.717) is 13.1 Å². The summed E-state index contributed by atoms with van der Waals surface area (Å²) in [4.78, 5) is 13.6. The molecule has 1 amide bonds. The van der Waals surface area contributed by atoms with Crippen molar-refractivity contribution in [3.63, 3.8) is 0 Å². The molecule has 0 heterocycles. The van der Waals surface area contributed by atoms with Crippen molar-refractivity contribution in [1.82, 2.24) is 15.5 Å². The van der Waals surface area contributed by atoms with E-state index < -0.39 is 0 Å². The van der Waals surface area contributed by atoms with Gasteiger partial charge in [0.15, 0.2) is 0 Å². The molecular weight excluding hydrogens is 202 g/mol. The fraction of sp³-hybridized carbons (Fsp3) is 0.917. The first-order valence-corrected chi connectivity index (χ1v) is 6.41. The van der Waals surface area contributed by atoms with Gasteiger partial charge in [0, 0.05) is 25.7 Å². The Balaban J connectivity index is 1.99. The molecule has 0 aliphatic heterocycles. The first-order chi connectivity index (χ1) is 7.74. The largest absolute Gasteiger partial charge is 0.355 e. The Kier molecular flexibility index (Phi) is 6.42. The third-order valence-electron chi connectivity index (χ3n) is 3.25. The van der Waals surface area contributed by atoms with E-state index in [1.807, 2.05) is 6.92 Å². The lowest BCUT2D eigenvalue weighted by molar-refractivity contribution is -0.120. The normalized spacial score (nSPS) is 16.9. The van der Waals surface area contributed by atoms with Gasteiger partial charge in [0.1, 0.15) is 0 Å². The number of likely N-dealkylation sites (N-methyl/N-ethyl adjacent to an activating group) is 2. The van der Waals surface area contributed by atoms with Crippen LogP contribution >= 0.6 is 0 Å². The maximum atomic E-state index is 11.2. The Labute approximate surface area is 98.8 Å². The van der Waals surface area contributed by atoms with Crippen molar-refractivity contribution < 1.29 is 4.79 Å². The lowest BCUT2D eigenvalue weighted by atomic mass is 10.2. The fourth-order valence-corrected chi connectivity index (χ4v) is 2.24. The third-order valence-corrected chi connectivity index (χ3v) is 3.25. The lowest BCUT2D eigenvalue weighted by Gasteiger charge is -2.23. The van der Waals surface area contributed by atoms with Crippen LogP contribution in [0.4, 0.5) is 0 Å². The minimum atomic E-state index is 0.0889. The zero-order valence-corrected chi connectivity index (χ0v) is 10.6. The van der Waals surface area contributed by atoms with E-state index in [1.54, 1.807) is 0 Å². The van der Waals surface area contributed by atoms with Crippen molar-refractivity contribution in [1.29, 1.82) is 0 Å². The molecule has 0 saturated heterocycles. The molecule has 4 heteroatoms. The molecule has 16 heavy (non-hydrogen) atoms. The van der Waals surface area contributed by atoms with Crippen LogP contribution in [0.25, 0.3) is 0 Å². The fourth-order valence-electron chi connectivity index (χ4n) is 2.24. The molecule has 0 aromatic rings. The number of carbonyl (C=O) groups is 1. The molecule has 0 unspecified atom stereocenters. The Morgan fingerprint density at radius 1 is 1.38 bits per heavy atom. The second-order valence-electron chi connectivity index (χ2n) is 4.55. The van der Waals surface area contributed by atoms with E-state index in [9.17, 15) is 4.79 Å². The molecule has 94 valence electrons. The van der Waals surface area contributed by atoms with E-state index >= 15 is 0 Å². The maximum absolute atomic E-state index is 11.2. The van der Waals surface area contributed by atoms with Crippen molar-refractivity contribution in [2.24, 2.45) is 0 Å². The highest BCUT2D eigenvalue weighted by Gasteiger charge is 2.18. The van der Waals surface area contributed by atoms with E-state index in [2.05, 4.69) is 22.6 Å². The molecule has 1 fully saturated rings. The standard InChI is InChI=1S/C12H25N3O/c1-3-14-12(16)10-13-8-9-15(2)11-6-4-5-7-11/h11,13H,3-10H2,1-2H3,(H,14,16). The highest BCUT2D eigenvalue weighted by atomic mass is 16.1. The van der Waals surface area contributed by atoms with Gasteiger partial charge in [-0.05, 0) is 26.8 Å². The summed E-state index contributed by atoms with van der Waals surface area (Å²) in [5, 5.41) is 5.94. The summed E-state index contributed by atoms with van der Waals surface area (Å²) in [6.45, 7) is 5.01. The Morgan fingerprint density at radius 3 is 2.69 bits per heavy atom. The van der Waals surface area contributed by atoms with E-state index in [4.69, 9.17) is 0 Å². The first kappa shape index (κ1) is 13.5. The van der Waals surface area contributed by atoms with Crippen LogP contribution in [0.2, 0.25) is 0 Å². The second kappa shape index (κ2) is 7.63. The monoisotopic (exact) mass is 227 g/mol. The molecule has 0 aromatic heterocycles. The van der Waals surface area contributed by atoms with Gasteiger partial charge in [-0.3, -0.25) is 4.79 Å². The summed E-state index contributed by atoms with van der Waals surface area (Å²) in [5.74, 6) is 0.0889. The predicted octanol–water partition coefficient (Wildman–Crippen LogP) is 0.587. The summed E-state index contributed by atoms with van der Waals surface area (Å²) in [7, 11) is 2.18. The van der Waals surface area contributed by atoms with Gasteiger partial charge >= 0.3 is 0 Å². The predicted molar refractivity (Wildman–Crippen MR) is 66.4 cm³/mol. The van der Waals surface area contributed by atoms with E-state index in [1.165, 1.54) is 25.7 Å². The van der Waals surface area contributed by atoms with Gasteiger partial charge < -0.3 is 15.5 Å². The van der Waals surface area contributed by atoms with Crippen LogP contribution < -0.4 is 10.6 Å². The molecule has 0 spiro atoms. The quantitative estimate of drug-likeness (QED) is 0.626. The van der Waals surface area contributed by atoms with E-state index in [-0.39, 0.29) is 5.91 Å². The third kappa shape index (κ3) is 4.94. The Hall–Kier alpha value is -0.610. The highest BCUT2D eigenvalue weighted by molar-refractivity contribution is 5.77. The SMILES string of the molecule is CCNC(=O)CNCCN(C)C1CCCC1. The van der Waals surface area contributed by atoms with Gasteiger partial charge in [0.05, 0.1) is 6.54 Å². The van der Waals surface area contributed by atoms with Gasteiger partial charge in [-0.15, -0.1) is 0 Å². The van der Waals surface area contributed by atoms with Crippen LogP contribution in [0.3, 0.4) is 0 Å². The van der Waals surface area contributed by atoms with Gasteiger partial charge in [0.2, 0.25) is 5.91 Å². The summed E-state index contributed by atoms with van der Waals surface area (Å²) in [5.41, 5.74) is 0. The molecule has 4 nitrogen and oxygen atoms in total. The molecular formula is C12H25N3O. The molecule has 0 radical (unpaired) electrons. The highest BCUT2D eigenvalue weighted by Crippen LogP contribution is 2.21. The average Bonchev–Trinajstić information content (AvgIpc) is 2.78. The molecule has 0 aromatic carbocycles. The molecule has 0 bridgehead atoms. The van der Waals surface area contributed by atoms with Crippen molar-refractivity contribution in [2.75, 3.05) is 33.2 Å². The molecule has 1 saturated carbocycles. The topological polar surface area (TPSA) is 44.4 Å². The van der Waals surface area contributed by atoms with Crippen LogP contribution in [0.5, 0.6) is 0 Å². The van der Waals surface area contributed by atoms with Gasteiger partial charge in [-0.1, -0.05) is 12.8 Å². The van der Waals surface area contributed by atoms with Crippen molar-refractivity contribution in [3.8, 4) is 0 Å². The smallest absolute Gasteiger partial charge is 0.233 e. The number of nitrogens with one attached hydrogen (secondary N) is 2. The number of carbonyl (C=O) groups excluding carboxylic acids is 1. The second-order valence-corrected chi connectivity index (χ2v) is 4.55. The molecule has 0 atom stereocenters. The number of amides is 1.